The van der Waals surface area contributed by atoms with Gasteiger partial charge in [-0.15, -0.1) is 0 Å². The predicted molar refractivity (Wildman–Crippen MR) is 74.2 cm³/mol. The summed E-state index contributed by atoms with van der Waals surface area (Å²) in [6.45, 7) is 0.351. The fourth-order valence-corrected chi connectivity index (χ4v) is 1.78. The van der Waals surface area contributed by atoms with Crippen molar-refractivity contribution < 1.29 is 9.59 Å². The maximum absolute atomic E-state index is 12.0. The van der Waals surface area contributed by atoms with Crippen molar-refractivity contribution in [1.82, 2.24) is 20.4 Å². The average Bonchev–Trinajstić information content (AvgIpc) is 2.89. The van der Waals surface area contributed by atoms with E-state index in [2.05, 4.69) is 15.7 Å². The number of aryl methyl sites for hydroxylation is 1. The molecule has 0 fully saturated rings. The van der Waals surface area contributed by atoms with Crippen molar-refractivity contribution in [2.45, 2.75) is 6.54 Å². The Labute approximate surface area is 116 Å². The molecule has 0 spiro atoms. The van der Waals surface area contributed by atoms with Crippen molar-refractivity contribution in [3.05, 3.63) is 53.3 Å². The summed E-state index contributed by atoms with van der Waals surface area (Å²) in [6.07, 6.45) is 1.81. The Bertz CT molecular complexity index is 634. The summed E-state index contributed by atoms with van der Waals surface area (Å²) in [6, 6.07) is 8.41. The average molecular weight is 272 g/mol. The lowest BCUT2D eigenvalue weighted by Gasteiger charge is -2.05. The quantitative estimate of drug-likeness (QED) is 0.860. The van der Waals surface area contributed by atoms with Gasteiger partial charge >= 0.3 is 0 Å². The number of aromatic nitrogens is 2. The van der Waals surface area contributed by atoms with E-state index in [1.807, 2.05) is 19.3 Å². The standard InChI is InChI=1S/C14H16N4O2/c1-15-13(19)10-4-3-5-11(8-10)14(20)16-9-12-6-7-18(2)17-12/h3-8H,9H2,1-2H3,(H,15,19)(H,16,20). The van der Waals surface area contributed by atoms with Crippen LogP contribution in [0.4, 0.5) is 0 Å². The maximum atomic E-state index is 12.0. The second-order valence-corrected chi connectivity index (χ2v) is 4.32. The van der Waals surface area contributed by atoms with Crippen molar-refractivity contribution >= 4 is 11.8 Å². The lowest BCUT2D eigenvalue weighted by Crippen LogP contribution is -2.24. The number of amides is 2. The minimum atomic E-state index is -0.235. The summed E-state index contributed by atoms with van der Waals surface area (Å²) in [7, 11) is 3.37. The van der Waals surface area contributed by atoms with Crippen molar-refractivity contribution in [3.63, 3.8) is 0 Å². The highest BCUT2D eigenvalue weighted by atomic mass is 16.2. The van der Waals surface area contributed by atoms with E-state index in [1.54, 1.807) is 36.0 Å². The van der Waals surface area contributed by atoms with Gasteiger partial charge in [-0.05, 0) is 24.3 Å². The minimum absolute atomic E-state index is 0.218. The van der Waals surface area contributed by atoms with Crippen LogP contribution in [0, 0.1) is 0 Å². The molecular weight excluding hydrogens is 256 g/mol. The van der Waals surface area contributed by atoms with Gasteiger partial charge in [-0.3, -0.25) is 14.3 Å². The summed E-state index contributed by atoms with van der Waals surface area (Å²) in [5.41, 5.74) is 1.68. The van der Waals surface area contributed by atoms with Gasteiger partial charge in [0.15, 0.2) is 0 Å². The molecule has 2 rings (SSSR count). The lowest BCUT2D eigenvalue weighted by molar-refractivity contribution is 0.0950. The molecule has 6 heteroatoms. The first-order valence-corrected chi connectivity index (χ1v) is 6.19. The predicted octanol–water partition coefficient (Wildman–Crippen LogP) is 0.710. The van der Waals surface area contributed by atoms with E-state index < -0.39 is 0 Å². The molecule has 0 saturated carbocycles. The highest BCUT2D eigenvalue weighted by Crippen LogP contribution is 2.05. The molecule has 1 aromatic heterocycles. The Morgan fingerprint density at radius 3 is 2.50 bits per heavy atom. The number of carbonyl (C=O) groups is 2. The molecule has 2 N–H and O–H groups in total. The molecule has 0 aliphatic rings. The Morgan fingerprint density at radius 2 is 1.90 bits per heavy atom. The second-order valence-electron chi connectivity index (χ2n) is 4.32. The molecule has 0 aliphatic carbocycles. The third kappa shape index (κ3) is 3.23. The van der Waals surface area contributed by atoms with Crippen LogP contribution in [0.5, 0.6) is 0 Å². The highest BCUT2D eigenvalue weighted by molar-refractivity contribution is 5.99. The molecule has 2 aromatic rings. The third-order valence-electron chi connectivity index (χ3n) is 2.81. The Kier molecular flexibility index (Phi) is 4.14. The number of hydrogen-bond donors (Lipinski definition) is 2. The maximum Gasteiger partial charge on any atom is 0.251 e. The van der Waals surface area contributed by atoms with E-state index in [0.717, 1.165) is 5.69 Å². The van der Waals surface area contributed by atoms with Crippen LogP contribution in [0.15, 0.2) is 36.5 Å². The summed E-state index contributed by atoms with van der Waals surface area (Å²) >= 11 is 0. The van der Waals surface area contributed by atoms with E-state index in [9.17, 15) is 9.59 Å². The molecule has 20 heavy (non-hydrogen) atoms. The molecule has 0 aliphatic heterocycles. The van der Waals surface area contributed by atoms with Gasteiger partial charge < -0.3 is 10.6 Å². The van der Waals surface area contributed by atoms with Gasteiger partial charge in [0.1, 0.15) is 0 Å². The number of nitrogens with zero attached hydrogens (tertiary/aromatic N) is 2. The van der Waals surface area contributed by atoms with E-state index in [1.165, 1.54) is 0 Å². The fraction of sp³-hybridized carbons (Fsp3) is 0.214. The molecule has 1 heterocycles. The zero-order valence-electron chi connectivity index (χ0n) is 11.4. The molecular formula is C14H16N4O2. The molecule has 0 unspecified atom stereocenters. The summed E-state index contributed by atoms with van der Waals surface area (Å²) < 4.78 is 1.67. The topological polar surface area (TPSA) is 76.0 Å². The second kappa shape index (κ2) is 6.01. The van der Waals surface area contributed by atoms with E-state index in [4.69, 9.17) is 0 Å². The molecule has 0 radical (unpaired) electrons. The van der Waals surface area contributed by atoms with Gasteiger partial charge in [-0.1, -0.05) is 6.07 Å². The number of carbonyl (C=O) groups excluding carboxylic acids is 2. The first kappa shape index (κ1) is 13.8. The summed E-state index contributed by atoms with van der Waals surface area (Å²) in [5.74, 6) is -0.453. The van der Waals surface area contributed by atoms with Crippen LogP contribution in [0.3, 0.4) is 0 Å². The molecule has 1 aromatic carbocycles. The molecule has 104 valence electrons. The van der Waals surface area contributed by atoms with E-state index >= 15 is 0 Å². The molecule has 6 nitrogen and oxygen atoms in total. The minimum Gasteiger partial charge on any atom is -0.355 e. The van der Waals surface area contributed by atoms with E-state index in [0.29, 0.717) is 17.7 Å². The zero-order chi connectivity index (χ0) is 14.5. The largest absolute Gasteiger partial charge is 0.355 e. The van der Waals surface area contributed by atoms with E-state index in [-0.39, 0.29) is 11.8 Å². The van der Waals surface area contributed by atoms with Gasteiger partial charge in [0.25, 0.3) is 11.8 Å². The van der Waals surface area contributed by atoms with Crippen LogP contribution >= 0.6 is 0 Å². The number of rotatable bonds is 4. The van der Waals surface area contributed by atoms with Crippen molar-refractivity contribution in [1.29, 1.82) is 0 Å². The van der Waals surface area contributed by atoms with Crippen LogP contribution in [0.1, 0.15) is 26.4 Å². The Hall–Kier alpha value is -2.63. The summed E-state index contributed by atoms with van der Waals surface area (Å²) in [5, 5.41) is 9.46. The van der Waals surface area contributed by atoms with Crippen molar-refractivity contribution in [3.8, 4) is 0 Å². The number of benzene rings is 1. The molecule has 0 saturated heterocycles. The Balaban J connectivity index is 2.03. The number of nitrogens with one attached hydrogen (secondary N) is 2. The highest BCUT2D eigenvalue weighted by Gasteiger charge is 2.09. The van der Waals surface area contributed by atoms with Gasteiger partial charge in [0.05, 0.1) is 12.2 Å². The van der Waals surface area contributed by atoms with Crippen LogP contribution in [-0.2, 0) is 13.6 Å². The van der Waals surface area contributed by atoms with Crippen LogP contribution < -0.4 is 10.6 Å². The SMILES string of the molecule is CNC(=O)c1cccc(C(=O)NCc2ccn(C)n2)c1. The van der Waals surface area contributed by atoms with Crippen molar-refractivity contribution in [2.24, 2.45) is 7.05 Å². The van der Waals surface area contributed by atoms with Crippen LogP contribution in [-0.4, -0.2) is 28.6 Å². The van der Waals surface area contributed by atoms with Gasteiger partial charge in [-0.25, -0.2) is 0 Å². The first-order valence-electron chi connectivity index (χ1n) is 6.19. The van der Waals surface area contributed by atoms with Crippen LogP contribution in [0.2, 0.25) is 0 Å². The molecule has 0 bridgehead atoms. The van der Waals surface area contributed by atoms with Gasteiger partial charge in [0, 0.05) is 31.4 Å². The molecule has 0 atom stereocenters. The Morgan fingerprint density at radius 1 is 1.20 bits per heavy atom. The normalized spacial score (nSPS) is 10.1. The van der Waals surface area contributed by atoms with Crippen molar-refractivity contribution in [2.75, 3.05) is 7.05 Å². The first-order chi connectivity index (χ1) is 9.60. The third-order valence-corrected chi connectivity index (χ3v) is 2.81. The fourth-order valence-electron chi connectivity index (χ4n) is 1.78. The van der Waals surface area contributed by atoms with Gasteiger partial charge in [-0.2, -0.15) is 5.10 Å². The smallest absolute Gasteiger partial charge is 0.251 e. The summed E-state index contributed by atoms with van der Waals surface area (Å²) in [4.78, 5) is 23.5. The zero-order valence-corrected chi connectivity index (χ0v) is 11.4. The lowest BCUT2D eigenvalue weighted by atomic mass is 10.1. The van der Waals surface area contributed by atoms with Crippen LogP contribution in [0.25, 0.3) is 0 Å². The molecule has 2 amide bonds. The monoisotopic (exact) mass is 272 g/mol. The van der Waals surface area contributed by atoms with Gasteiger partial charge in [0.2, 0.25) is 0 Å². The number of hydrogen-bond acceptors (Lipinski definition) is 3.